The van der Waals surface area contributed by atoms with E-state index in [9.17, 15) is 10.5 Å². The molecule has 1 aromatic heterocycles. The van der Waals surface area contributed by atoms with Gasteiger partial charge in [0.1, 0.15) is 11.5 Å². The molecule has 1 aliphatic heterocycles. The minimum Gasteiger partial charge on any atom is -0.456 e. The fourth-order valence-corrected chi connectivity index (χ4v) is 9.08. The monoisotopic (exact) mass is 765 g/mol. The van der Waals surface area contributed by atoms with Crippen molar-refractivity contribution in [1.29, 1.82) is 10.5 Å². The smallest absolute Gasteiger partial charge is 0.167 e. The van der Waals surface area contributed by atoms with E-state index in [0.717, 1.165) is 78.1 Å². The maximum absolute atomic E-state index is 9.95. The van der Waals surface area contributed by atoms with Crippen LogP contribution in [0.3, 0.4) is 0 Å². The molecule has 9 aromatic rings. The molecule has 0 N–H and O–H groups in total. The molecule has 0 saturated heterocycles. The SMILES string of the molecule is N#Cc1cc(C#N)cc(-c2cccc3c2-c2ccccc2C32c3ccccc3Oc3c(-c4nc(-c5ccccc5)nc(-c5ccc(-c6ccccc6)cc5)n4)cccc32)c1. The fraction of sp³-hybridized carbons (Fsp3) is 0.0185. The van der Waals surface area contributed by atoms with Gasteiger partial charge in [0.05, 0.1) is 34.2 Å². The summed E-state index contributed by atoms with van der Waals surface area (Å²) in [4.78, 5) is 15.4. The molecule has 1 aliphatic carbocycles. The first-order valence-electron chi connectivity index (χ1n) is 19.7. The second kappa shape index (κ2) is 13.9. The van der Waals surface area contributed by atoms with Crippen molar-refractivity contribution in [3.63, 3.8) is 0 Å². The van der Waals surface area contributed by atoms with Crippen LogP contribution in [0.1, 0.15) is 33.4 Å². The number of fused-ring (bicyclic) bond motifs is 9. The van der Waals surface area contributed by atoms with Crippen LogP contribution in [0.2, 0.25) is 0 Å². The minimum absolute atomic E-state index is 0.438. The van der Waals surface area contributed by atoms with E-state index in [1.165, 1.54) is 0 Å². The van der Waals surface area contributed by atoms with Crippen LogP contribution in [0.4, 0.5) is 0 Å². The number of nitriles is 2. The third-order valence-electron chi connectivity index (χ3n) is 11.7. The Bertz CT molecular complexity index is 3220. The molecular formula is C54H31N5O. The molecule has 0 radical (unpaired) electrons. The van der Waals surface area contributed by atoms with Crippen molar-refractivity contribution in [2.75, 3.05) is 0 Å². The maximum Gasteiger partial charge on any atom is 0.167 e. The van der Waals surface area contributed by atoms with E-state index < -0.39 is 5.41 Å². The topological polar surface area (TPSA) is 95.5 Å². The van der Waals surface area contributed by atoms with Crippen molar-refractivity contribution in [2.24, 2.45) is 0 Å². The van der Waals surface area contributed by atoms with Gasteiger partial charge in [0.25, 0.3) is 0 Å². The molecule has 60 heavy (non-hydrogen) atoms. The average Bonchev–Trinajstić information content (AvgIpc) is 3.62. The van der Waals surface area contributed by atoms with Crippen molar-refractivity contribution in [1.82, 2.24) is 15.0 Å². The Morgan fingerprint density at radius 2 is 0.883 bits per heavy atom. The van der Waals surface area contributed by atoms with Crippen LogP contribution >= 0.6 is 0 Å². The normalized spacial score (nSPS) is 14.2. The van der Waals surface area contributed by atoms with Crippen LogP contribution in [0.15, 0.2) is 188 Å². The van der Waals surface area contributed by atoms with Crippen molar-refractivity contribution < 1.29 is 4.74 Å². The molecule has 0 amide bonds. The van der Waals surface area contributed by atoms with Crippen molar-refractivity contribution >= 4 is 0 Å². The van der Waals surface area contributed by atoms with Gasteiger partial charge in [-0.2, -0.15) is 10.5 Å². The van der Waals surface area contributed by atoms with E-state index in [2.05, 4.69) is 115 Å². The lowest BCUT2D eigenvalue weighted by atomic mass is 9.65. The molecule has 0 bridgehead atoms. The highest BCUT2D eigenvalue weighted by Gasteiger charge is 2.52. The first-order chi connectivity index (χ1) is 29.6. The van der Waals surface area contributed by atoms with Gasteiger partial charge in [-0.05, 0) is 74.8 Å². The first kappa shape index (κ1) is 34.8. The van der Waals surface area contributed by atoms with Gasteiger partial charge in [-0.15, -0.1) is 0 Å². The number of aromatic nitrogens is 3. The van der Waals surface area contributed by atoms with Gasteiger partial charge < -0.3 is 4.74 Å². The third-order valence-corrected chi connectivity index (χ3v) is 11.7. The Balaban J connectivity index is 1.16. The van der Waals surface area contributed by atoms with E-state index in [0.29, 0.717) is 34.3 Å². The van der Waals surface area contributed by atoms with Crippen molar-refractivity contribution in [3.05, 3.63) is 221 Å². The lowest BCUT2D eigenvalue weighted by Crippen LogP contribution is -2.32. The number of nitrogens with zero attached hydrogens (tertiary/aromatic N) is 5. The molecule has 1 atom stereocenters. The highest BCUT2D eigenvalue weighted by atomic mass is 16.5. The summed E-state index contributed by atoms with van der Waals surface area (Å²) in [6, 6.07) is 67.9. The second-order valence-corrected chi connectivity index (χ2v) is 14.9. The van der Waals surface area contributed by atoms with Crippen LogP contribution in [0, 0.1) is 22.7 Å². The van der Waals surface area contributed by atoms with E-state index in [-0.39, 0.29) is 0 Å². The standard InChI is InChI=1S/C54H31N5O/c55-32-34-29-35(33-56)31-40(30-34)41-18-11-22-46-49(41)42-17-7-8-20-44(42)54(46)45-21-9-10-24-48(45)60-50-43(19-12-23-47(50)54)53-58-51(38-15-5-2-6-16-38)57-52(59-53)39-27-25-37(26-28-39)36-13-3-1-4-14-36/h1-31H. The predicted molar refractivity (Wildman–Crippen MR) is 234 cm³/mol. The van der Waals surface area contributed by atoms with E-state index >= 15 is 0 Å². The lowest BCUT2D eigenvalue weighted by molar-refractivity contribution is 0.437. The average molecular weight is 766 g/mol. The molecule has 0 fully saturated rings. The second-order valence-electron chi connectivity index (χ2n) is 14.9. The molecule has 1 spiro atoms. The first-order valence-corrected chi connectivity index (χ1v) is 19.7. The molecule has 0 saturated carbocycles. The largest absolute Gasteiger partial charge is 0.456 e. The van der Waals surface area contributed by atoms with Crippen LogP contribution in [0.25, 0.3) is 67.5 Å². The highest BCUT2D eigenvalue weighted by molar-refractivity contribution is 5.97. The highest BCUT2D eigenvalue weighted by Crippen LogP contribution is 2.64. The molecule has 11 rings (SSSR count). The number of hydrogen-bond acceptors (Lipinski definition) is 6. The van der Waals surface area contributed by atoms with Crippen LogP contribution < -0.4 is 4.74 Å². The summed E-state index contributed by atoms with van der Waals surface area (Å²) in [5.41, 5.74) is 12.9. The predicted octanol–water partition coefficient (Wildman–Crippen LogP) is 12.4. The van der Waals surface area contributed by atoms with Gasteiger partial charge in [0.15, 0.2) is 17.5 Å². The molecule has 6 nitrogen and oxygen atoms in total. The Morgan fingerprint density at radius 1 is 0.383 bits per heavy atom. The van der Waals surface area contributed by atoms with Gasteiger partial charge in [0.2, 0.25) is 0 Å². The molecule has 1 unspecified atom stereocenters. The fourth-order valence-electron chi connectivity index (χ4n) is 9.08. The van der Waals surface area contributed by atoms with Crippen molar-refractivity contribution in [3.8, 4) is 91.2 Å². The molecule has 6 heteroatoms. The lowest BCUT2D eigenvalue weighted by Gasteiger charge is -2.40. The zero-order valence-corrected chi connectivity index (χ0v) is 32.0. The van der Waals surface area contributed by atoms with Gasteiger partial charge in [-0.3, -0.25) is 0 Å². The number of rotatable bonds is 5. The maximum atomic E-state index is 9.95. The van der Waals surface area contributed by atoms with Gasteiger partial charge >= 0.3 is 0 Å². The zero-order chi connectivity index (χ0) is 40.2. The van der Waals surface area contributed by atoms with Crippen LogP contribution in [0.5, 0.6) is 11.5 Å². The number of ether oxygens (including phenoxy) is 1. The summed E-state index contributed by atoms with van der Waals surface area (Å²) in [7, 11) is 0. The summed E-state index contributed by atoms with van der Waals surface area (Å²) in [5, 5.41) is 19.9. The number of hydrogen-bond donors (Lipinski definition) is 0. The Hall–Kier alpha value is -8.45. The summed E-state index contributed by atoms with van der Waals surface area (Å²) in [6.07, 6.45) is 0. The Labute approximate surface area is 347 Å². The van der Waals surface area contributed by atoms with Crippen LogP contribution in [-0.2, 0) is 5.41 Å². The molecule has 2 heterocycles. The van der Waals surface area contributed by atoms with Gasteiger partial charge in [-0.1, -0.05) is 158 Å². The molecule has 8 aromatic carbocycles. The minimum atomic E-state index is -0.793. The van der Waals surface area contributed by atoms with E-state index in [1.54, 1.807) is 6.07 Å². The Morgan fingerprint density at radius 3 is 1.58 bits per heavy atom. The van der Waals surface area contributed by atoms with Crippen molar-refractivity contribution in [2.45, 2.75) is 5.41 Å². The summed E-state index contributed by atoms with van der Waals surface area (Å²) in [5.74, 6) is 3.01. The van der Waals surface area contributed by atoms with Gasteiger partial charge in [-0.25, -0.2) is 15.0 Å². The quantitative estimate of drug-likeness (QED) is 0.173. The summed E-state index contributed by atoms with van der Waals surface area (Å²) in [6.45, 7) is 0. The summed E-state index contributed by atoms with van der Waals surface area (Å²) < 4.78 is 7.04. The third kappa shape index (κ3) is 5.36. The van der Waals surface area contributed by atoms with Gasteiger partial charge in [0, 0.05) is 22.3 Å². The van der Waals surface area contributed by atoms with E-state index in [4.69, 9.17) is 19.7 Å². The number of para-hydroxylation sites is 2. The molecular weight excluding hydrogens is 735 g/mol. The molecule has 2 aliphatic rings. The molecule has 278 valence electrons. The summed E-state index contributed by atoms with van der Waals surface area (Å²) >= 11 is 0. The van der Waals surface area contributed by atoms with Crippen LogP contribution in [-0.4, -0.2) is 15.0 Å². The van der Waals surface area contributed by atoms with E-state index in [1.807, 2.05) is 78.9 Å². The Kier molecular flexibility index (Phi) is 8.05. The number of benzene rings is 8. The zero-order valence-electron chi connectivity index (χ0n) is 32.0.